The number of phenols is 1. The van der Waals surface area contributed by atoms with Gasteiger partial charge in [-0.05, 0) is 30.2 Å². The van der Waals surface area contributed by atoms with Crippen LogP contribution in [0.15, 0.2) is 52.9 Å². The van der Waals surface area contributed by atoms with Crippen molar-refractivity contribution in [3.05, 3.63) is 65.2 Å². The van der Waals surface area contributed by atoms with Crippen LogP contribution in [0.4, 0.5) is 5.69 Å². The molecule has 3 N–H and O–H groups in total. The van der Waals surface area contributed by atoms with Crippen LogP contribution in [0.1, 0.15) is 22.8 Å². The monoisotopic (exact) mass is 308 g/mol. The number of fused-ring (bicyclic) bond motifs is 1. The van der Waals surface area contributed by atoms with Crippen molar-refractivity contribution in [3.63, 3.8) is 0 Å². The van der Waals surface area contributed by atoms with E-state index >= 15 is 0 Å². The van der Waals surface area contributed by atoms with Crippen molar-refractivity contribution in [2.75, 3.05) is 5.32 Å². The highest BCUT2D eigenvalue weighted by molar-refractivity contribution is 6.05. The Morgan fingerprint density at radius 2 is 2.00 bits per heavy atom. The van der Waals surface area contributed by atoms with E-state index < -0.39 is 5.91 Å². The van der Waals surface area contributed by atoms with Crippen molar-refractivity contribution >= 4 is 22.6 Å². The quantitative estimate of drug-likeness (QED) is 0.693. The summed E-state index contributed by atoms with van der Waals surface area (Å²) in [4.78, 5) is 12.5. The molecule has 5 nitrogen and oxygen atoms in total. The molecule has 0 unspecified atom stereocenters. The number of amides is 1. The van der Waals surface area contributed by atoms with Gasteiger partial charge in [-0.15, -0.1) is 0 Å². The Morgan fingerprint density at radius 3 is 2.78 bits per heavy atom. The van der Waals surface area contributed by atoms with Gasteiger partial charge < -0.3 is 14.8 Å². The topological polar surface area (TPSA) is 86.3 Å². The molecule has 3 rings (SSSR count). The molecule has 1 amide bonds. The van der Waals surface area contributed by atoms with Crippen LogP contribution in [-0.4, -0.2) is 11.0 Å². The average molecular weight is 308 g/mol. The molecule has 0 radical (unpaired) electrons. The summed E-state index contributed by atoms with van der Waals surface area (Å²) < 4.78 is 5.29. The van der Waals surface area contributed by atoms with Gasteiger partial charge in [0.15, 0.2) is 11.3 Å². The molecule has 0 fully saturated rings. The Balaban J connectivity index is 2.01. The number of benzene rings is 2. The average Bonchev–Trinajstić information content (AvgIpc) is 2.55. The van der Waals surface area contributed by atoms with Crippen molar-refractivity contribution in [3.8, 4) is 5.75 Å². The fourth-order valence-electron chi connectivity index (χ4n) is 2.45. The van der Waals surface area contributed by atoms with E-state index in [2.05, 4.69) is 5.32 Å². The molecule has 3 aromatic rings. The van der Waals surface area contributed by atoms with Crippen LogP contribution in [0.5, 0.6) is 5.75 Å². The molecule has 0 spiro atoms. The standard InChI is InChI=1S/C18H16N2O3/c1-2-11-6-3-4-8-14(11)20-18(22)13-10-12-7-5-9-15(21)16(12)23-17(13)19/h3-10,19,21H,2H2,1H3,(H,20,22). The maximum absolute atomic E-state index is 12.5. The fourth-order valence-corrected chi connectivity index (χ4v) is 2.45. The Bertz CT molecular complexity index is 944. The first-order valence-corrected chi connectivity index (χ1v) is 7.30. The second-order valence-electron chi connectivity index (χ2n) is 5.15. The van der Waals surface area contributed by atoms with Crippen LogP contribution < -0.4 is 10.9 Å². The van der Waals surface area contributed by atoms with Gasteiger partial charge in [0.1, 0.15) is 5.56 Å². The van der Waals surface area contributed by atoms with E-state index in [-0.39, 0.29) is 22.5 Å². The number of anilines is 1. The summed E-state index contributed by atoms with van der Waals surface area (Å²) in [6, 6.07) is 13.9. The van der Waals surface area contributed by atoms with E-state index in [1.165, 1.54) is 6.07 Å². The molecule has 2 aromatic carbocycles. The van der Waals surface area contributed by atoms with Gasteiger partial charge in [-0.25, -0.2) is 0 Å². The maximum atomic E-state index is 12.5. The number of carbonyl (C=O) groups excluding carboxylic acids is 1. The summed E-state index contributed by atoms with van der Waals surface area (Å²) in [6.45, 7) is 2.01. The van der Waals surface area contributed by atoms with Gasteiger partial charge in [0, 0.05) is 11.1 Å². The number of nitrogens with one attached hydrogen (secondary N) is 2. The number of carbonyl (C=O) groups is 1. The lowest BCUT2D eigenvalue weighted by molar-refractivity contribution is 0.102. The first-order valence-electron chi connectivity index (χ1n) is 7.30. The van der Waals surface area contributed by atoms with Crippen LogP contribution in [0.25, 0.3) is 11.0 Å². The van der Waals surface area contributed by atoms with Crippen LogP contribution >= 0.6 is 0 Å². The van der Waals surface area contributed by atoms with Gasteiger partial charge in [-0.2, -0.15) is 0 Å². The highest BCUT2D eigenvalue weighted by atomic mass is 16.4. The molecular weight excluding hydrogens is 292 g/mol. The van der Waals surface area contributed by atoms with Crippen molar-refractivity contribution < 1.29 is 14.3 Å². The lowest BCUT2D eigenvalue weighted by atomic mass is 10.1. The summed E-state index contributed by atoms with van der Waals surface area (Å²) in [5.41, 5.74) is 1.76. The SMILES string of the molecule is CCc1ccccc1NC(=O)c1cc2cccc(O)c2oc1=N. The molecule has 0 saturated heterocycles. The molecule has 0 aliphatic heterocycles. The molecular formula is C18H16N2O3. The van der Waals surface area contributed by atoms with E-state index in [0.717, 1.165) is 17.7 Å². The molecule has 1 heterocycles. The van der Waals surface area contributed by atoms with E-state index in [0.29, 0.717) is 5.39 Å². The van der Waals surface area contributed by atoms with Gasteiger partial charge in [0.2, 0.25) is 5.55 Å². The van der Waals surface area contributed by atoms with Gasteiger partial charge in [0.05, 0.1) is 0 Å². The van der Waals surface area contributed by atoms with E-state index in [9.17, 15) is 9.90 Å². The molecule has 0 aliphatic carbocycles. The zero-order chi connectivity index (χ0) is 16.4. The lowest BCUT2D eigenvalue weighted by Gasteiger charge is -2.10. The van der Waals surface area contributed by atoms with Gasteiger partial charge in [-0.1, -0.05) is 37.3 Å². The summed E-state index contributed by atoms with van der Waals surface area (Å²) >= 11 is 0. The first-order chi connectivity index (χ1) is 11.1. The predicted octanol–water partition coefficient (Wildman–Crippen LogP) is 3.43. The number of aromatic hydroxyl groups is 1. The minimum Gasteiger partial charge on any atom is -0.504 e. The highest BCUT2D eigenvalue weighted by Gasteiger charge is 2.14. The predicted molar refractivity (Wildman–Crippen MR) is 87.5 cm³/mol. The molecule has 0 bridgehead atoms. The zero-order valence-corrected chi connectivity index (χ0v) is 12.6. The first kappa shape index (κ1) is 14.8. The third-order valence-corrected chi connectivity index (χ3v) is 3.66. The van der Waals surface area contributed by atoms with E-state index in [4.69, 9.17) is 9.83 Å². The van der Waals surface area contributed by atoms with Crippen molar-refractivity contribution in [1.82, 2.24) is 0 Å². The number of para-hydroxylation sites is 2. The minimum absolute atomic E-state index is 0.0562. The third-order valence-electron chi connectivity index (χ3n) is 3.66. The summed E-state index contributed by atoms with van der Waals surface area (Å²) in [7, 11) is 0. The summed E-state index contributed by atoms with van der Waals surface area (Å²) in [5, 5.41) is 21.0. The zero-order valence-electron chi connectivity index (χ0n) is 12.6. The Kier molecular flexibility index (Phi) is 3.85. The molecule has 0 saturated carbocycles. The summed E-state index contributed by atoms with van der Waals surface area (Å²) in [5.74, 6) is -0.468. The highest BCUT2D eigenvalue weighted by Crippen LogP contribution is 2.23. The molecule has 0 aliphatic rings. The van der Waals surface area contributed by atoms with Crippen LogP contribution in [0.2, 0.25) is 0 Å². The Morgan fingerprint density at radius 1 is 1.22 bits per heavy atom. The third kappa shape index (κ3) is 2.81. The van der Waals surface area contributed by atoms with Crippen molar-refractivity contribution in [2.45, 2.75) is 13.3 Å². The van der Waals surface area contributed by atoms with Crippen molar-refractivity contribution in [1.29, 1.82) is 5.41 Å². The number of rotatable bonds is 3. The van der Waals surface area contributed by atoms with Crippen LogP contribution in [0, 0.1) is 5.41 Å². The maximum Gasteiger partial charge on any atom is 0.261 e. The molecule has 5 heteroatoms. The number of hydrogen-bond donors (Lipinski definition) is 3. The fraction of sp³-hybridized carbons (Fsp3) is 0.111. The molecule has 116 valence electrons. The second kappa shape index (κ2) is 5.96. The Hall–Kier alpha value is -3.08. The number of aryl methyl sites for hydroxylation is 1. The minimum atomic E-state index is -0.412. The van der Waals surface area contributed by atoms with Crippen LogP contribution in [-0.2, 0) is 6.42 Å². The Labute approximate surface area is 132 Å². The second-order valence-corrected chi connectivity index (χ2v) is 5.15. The largest absolute Gasteiger partial charge is 0.504 e. The van der Waals surface area contributed by atoms with E-state index in [1.807, 2.05) is 31.2 Å². The molecule has 1 aromatic heterocycles. The number of hydrogen-bond acceptors (Lipinski definition) is 4. The smallest absolute Gasteiger partial charge is 0.261 e. The molecule has 0 atom stereocenters. The van der Waals surface area contributed by atoms with Gasteiger partial charge >= 0.3 is 0 Å². The van der Waals surface area contributed by atoms with Gasteiger partial charge in [0.25, 0.3) is 5.91 Å². The van der Waals surface area contributed by atoms with Crippen LogP contribution in [0.3, 0.4) is 0 Å². The molecule has 23 heavy (non-hydrogen) atoms. The normalized spacial score (nSPS) is 10.7. The van der Waals surface area contributed by atoms with Crippen molar-refractivity contribution in [2.24, 2.45) is 0 Å². The summed E-state index contributed by atoms with van der Waals surface area (Å²) in [6.07, 6.45) is 0.792. The van der Waals surface area contributed by atoms with E-state index in [1.54, 1.807) is 18.2 Å². The lowest BCUT2D eigenvalue weighted by Crippen LogP contribution is -2.21. The van der Waals surface area contributed by atoms with Gasteiger partial charge in [-0.3, -0.25) is 10.2 Å². The number of phenolic OH excluding ortho intramolecular Hbond substituents is 1.